The molecule has 0 saturated heterocycles. The molecule has 0 atom stereocenters. The monoisotopic (exact) mass is 147 g/mol. The molecule has 0 fully saturated rings. The van der Waals surface area contributed by atoms with Crippen molar-refractivity contribution in [3.05, 3.63) is 0 Å². The second-order valence-electron chi connectivity index (χ2n) is 0.522. The number of hydrogen-bond donors (Lipinski definition) is 2. The molecule has 2 N–H and O–H groups in total. The van der Waals surface area contributed by atoms with E-state index in [0.717, 1.165) is 0 Å². The molecule has 0 aliphatic heterocycles. The Labute approximate surface area is 50.2 Å². The maximum atomic E-state index is 7.62. The first-order chi connectivity index (χ1) is 3.33. The Hall–Kier alpha value is -0.0835. The van der Waals surface area contributed by atoms with Crippen LogP contribution in [-0.2, 0) is 15.7 Å². The number of nitriles is 1. The van der Waals surface area contributed by atoms with E-state index in [1.54, 1.807) is 0 Å². The van der Waals surface area contributed by atoms with Gasteiger partial charge in [0.15, 0.2) is 0 Å². The topological polar surface area (TPSA) is 64.2 Å². The average Bonchev–Trinajstić information content (AvgIpc) is 1.69. The van der Waals surface area contributed by atoms with Crippen molar-refractivity contribution in [2.24, 2.45) is 0 Å². The minimum Gasteiger partial charge on any atom is -0.394 e. The van der Waals surface area contributed by atoms with Crippen LogP contribution in [-0.4, -0.2) is 23.4 Å². The van der Waals surface area contributed by atoms with Gasteiger partial charge < -0.3 is 10.2 Å². The summed E-state index contributed by atoms with van der Waals surface area (Å²) in [7, 11) is 0. The molecule has 0 aromatic carbocycles. The Morgan fingerprint density at radius 2 is 1.57 bits per heavy atom. The van der Waals surface area contributed by atoms with Crippen LogP contribution in [0.2, 0.25) is 0 Å². The summed E-state index contributed by atoms with van der Waals surface area (Å²) in [5, 5.41) is 23.9. The molecule has 0 aromatic heterocycles. The molecular formula is C3H6CoNO2. The third kappa shape index (κ3) is 108. The van der Waals surface area contributed by atoms with E-state index >= 15 is 0 Å². The van der Waals surface area contributed by atoms with Crippen molar-refractivity contribution in [2.75, 3.05) is 13.2 Å². The molecule has 4 heteroatoms. The fourth-order valence-electron chi connectivity index (χ4n) is 0. The van der Waals surface area contributed by atoms with Crippen LogP contribution < -0.4 is 0 Å². The van der Waals surface area contributed by atoms with Gasteiger partial charge in [-0.25, -0.2) is 0 Å². The zero-order chi connectivity index (χ0) is 6.12. The fraction of sp³-hybridized carbons (Fsp3) is 0.667. The third-order valence-corrected chi connectivity index (χ3v) is 0.1000. The first-order valence-corrected chi connectivity index (χ1v) is 2.04. The molecule has 0 bridgehead atoms. The minimum absolute atomic E-state index is 0.125. The second-order valence-corrected chi connectivity index (χ2v) is 0.755. The summed E-state index contributed by atoms with van der Waals surface area (Å²) in [5.41, 5.74) is 0. The summed E-state index contributed by atoms with van der Waals surface area (Å²) in [5.74, 6) is 0. The number of rotatable bonds is 1. The van der Waals surface area contributed by atoms with Crippen molar-refractivity contribution in [3.8, 4) is 5.00 Å². The van der Waals surface area contributed by atoms with E-state index in [9.17, 15) is 0 Å². The molecule has 0 aliphatic carbocycles. The zero-order valence-electron chi connectivity index (χ0n) is 3.59. The van der Waals surface area contributed by atoms with Crippen LogP contribution in [0.15, 0.2) is 0 Å². The summed E-state index contributed by atoms with van der Waals surface area (Å²) >= 11 is 3.13. The standard InChI is InChI=1S/C2H6O2.CN.Co/c3-1-2-4;1-2;/h3-4H,1-2H2;;. The Bertz CT molecular complexity index is 49.4. The van der Waals surface area contributed by atoms with Crippen molar-refractivity contribution < 1.29 is 26.0 Å². The van der Waals surface area contributed by atoms with Gasteiger partial charge in [-0.05, 0) is 0 Å². The van der Waals surface area contributed by atoms with Crippen LogP contribution >= 0.6 is 0 Å². The van der Waals surface area contributed by atoms with Gasteiger partial charge in [-0.15, -0.1) is 0 Å². The van der Waals surface area contributed by atoms with Crippen molar-refractivity contribution in [2.45, 2.75) is 0 Å². The van der Waals surface area contributed by atoms with Gasteiger partial charge in [0, 0.05) is 0 Å². The third-order valence-electron chi connectivity index (χ3n) is 0.1000. The van der Waals surface area contributed by atoms with Gasteiger partial charge in [-0.1, -0.05) is 0 Å². The Kier molecular flexibility index (Phi) is 24.1. The largest absolute Gasteiger partial charge is 0.394 e. The Morgan fingerprint density at radius 3 is 1.57 bits per heavy atom. The van der Waals surface area contributed by atoms with Gasteiger partial charge in [-0.3, -0.25) is 0 Å². The molecule has 7 heavy (non-hydrogen) atoms. The Balaban J connectivity index is 0. The zero-order valence-corrected chi connectivity index (χ0v) is 4.63. The van der Waals surface area contributed by atoms with Gasteiger partial charge in [0.25, 0.3) is 0 Å². The van der Waals surface area contributed by atoms with Crippen molar-refractivity contribution in [1.82, 2.24) is 0 Å². The molecular weight excluding hydrogens is 141 g/mol. The summed E-state index contributed by atoms with van der Waals surface area (Å²) in [6.07, 6.45) is 0. The minimum atomic E-state index is -0.125. The maximum Gasteiger partial charge on any atom is 0.0662 e. The van der Waals surface area contributed by atoms with Crippen molar-refractivity contribution in [1.29, 1.82) is 5.26 Å². The van der Waals surface area contributed by atoms with Gasteiger partial charge >= 0.3 is 26.0 Å². The predicted molar refractivity (Wildman–Crippen MR) is 19.8 cm³/mol. The molecule has 0 unspecified atom stereocenters. The smallest absolute Gasteiger partial charge is 0.0662 e. The van der Waals surface area contributed by atoms with E-state index < -0.39 is 0 Å². The molecule has 0 aromatic rings. The van der Waals surface area contributed by atoms with Crippen LogP contribution in [0.1, 0.15) is 0 Å². The number of aliphatic hydroxyl groups excluding tert-OH is 2. The van der Waals surface area contributed by atoms with Crippen LogP contribution in [0.4, 0.5) is 0 Å². The first-order valence-electron chi connectivity index (χ1n) is 1.52. The summed E-state index contributed by atoms with van der Waals surface area (Å²) < 4.78 is 0. The molecule has 44 valence electrons. The van der Waals surface area contributed by atoms with Gasteiger partial charge in [0.1, 0.15) is 0 Å². The van der Waals surface area contributed by atoms with Crippen LogP contribution in [0.25, 0.3) is 0 Å². The van der Waals surface area contributed by atoms with Gasteiger partial charge in [-0.2, -0.15) is 0 Å². The van der Waals surface area contributed by atoms with Gasteiger partial charge in [0.05, 0.1) is 13.2 Å². The molecule has 0 spiro atoms. The van der Waals surface area contributed by atoms with E-state index in [1.165, 1.54) is 5.00 Å². The molecule has 0 amide bonds. The van der Waals surface area contributed by atoms with Crippen LogP contribution in [0, 0.1) is 10.3 Å². The van der Waals surface area contributed by atoms with E-state index in [2.05, 4.69) is 15.7 Å². The number of aliphatic hydroxyl groups is 2. The van der Waals surface area contributed by atoms with E-state index in [-0.39, 0.29) is 13.2 Å². The number of nitrogens with zero attached hydrogens (tertiary/aromatic N) is 1. The Morgan fingerprint density at radius 1 is 1.43 bits per heavy atom. The average molecular weight is 147 g/mol. The summed E-state index contributed by atoms with van der Waals surface area (Å²) in [6.45, 7) is -0.250. The molecule has 0 heterocycles. The normalized spacial score (nSPS) is 5.57. The molecule has 0 saturated carbocycles. The summed E-state index contributed by atoms with van der Waals surface area (Å²) in [4.78, 5) is 0. The molecule has 0 radical (unpaired) electrons. The van der Waals surface area contributed by atoms with Crippen molar-refractivity contribution >= 4 is 0 Å². The maximum absolute atomic E-state index is 7.62. The van der Waals surface area contributed by atoms with Crippen LogP contribution in [0.3, 0.4) is 0 Å². The second kappa shape index (κ2) is 16.8. The predicted octanol–water partition coefficient (Wildman–Crippen LogP) is -1.01. The van der Waals surface area contributed by atoms with Gasteiger partial charge in [0.2, 0.25) is 0 Å². The summed E-state index contributed by atoms with van der Waals surface area (Å²) in [6, 6.07) is 0. The van der Waals surface area contributed by atoms with E-state index in [1.807, 2.05) is 0 Å². The van der Waals surface area contributed by atoms with E-state index in [0.29, 0.717) is 0 Å². The first kappa shape index (κ1) is 10.0. The van der Waals surface area contributed by atoms with Crippen LogP contribution in [0.5, 0.6) is 0 Å². The molecule has 0 aliphatic rings. The quantitative estimate of drug-likeness (QED) is 0.499. The fourth-order valence-corrected chi connectivity index (χ4v) is 0. The number of hydrogen-bond acceptors (Lipinski definition) is 3. The molecule has 3 nitrogen and oxygen atoms in total. The molecule has 0 rings (SSSR count). The SMILES string of the molecule is N#[C][Co].OCCO. The van der Waals surface area contributed by atoms with E-state index in [4.69, 9.17) is 15.5 Å². The van der Waals surface area contributed by atoms with Crippen molar-refractivity contribution in [3.63, 3.8) is 0 Å².